The van der Waals surface area contributed by atoms with Gasteiger partial charge < -0.3 is 23.8 Å². The Morgan fingerprint density at radius 1 is 1.21 bits per heavy atom. The Labute approximate surface area is 275 Å². The van der Waals surface area contributed by atoms with Crippen molar-refractivity contribution in [2.75, 3.05) is 18.5 Å². The second-order valence-electron chi connectivity index (χ2n) is 11.9. The van der Waals surface area contributed by atoms with Gasteiger partial charge in [-0.2, -0.15) is 15.1 Å². The number of para-hydroxylation sites is 1. The molecule has 0 spiro atoms. The Kier molecular flexibility index (Phi) is 10.7. The standard InChI is InChI=1S/C30H39F2N6O9P/c1-5-43-24-22-23(35-28(36-24)34-19(3)39)38(17-33-22)27-29(4,41)26(31)30(32,46-27)16-44-48(42,47-21-14-10-7-11-15-21)37-18(2)25(40)45-20-12-8-6-9-13-20/h7,10-11,14-15,17-18,20,26-27,41H,5-6,8-9,12-13,16H2,1-4H3,(H,37,42)(H,34,35,36,39)/t18?,26-,27+,29+,30+,48?/m0/s1. The van der Waals surface area contributed by atoms with Gasteiger partial charge in [0.25, 0.3) is 5.85 Å². The quantitative estimate of drug-likeness (QED) is 0.167. The van der Waals surface area contributed by atoms with E-state index in [0.717, 1.165) is 37.1 Å². The van der Waals surface area contributed by atoms with Gasteiger partial charge >= 0.3 is 13.7 Å². The summed E-state index contributed by atoms with van der Waals surface area (Å²) in [6.07, 6.45) is 0.534. The van der Waals surface area contributed by atoms with Gasteiger partial charge in [0.15, 0.2) is 23.6 Å². The van der Waals surface area contributed by atoms with Crippen LogP contribution < -0.4 is 19.7 Å². The van der Waals surface area contributed by atoms with Gasteiger partial charge in [-0.15, -0.1) is 0 Å². The molecule has 2 fully saturated rings. The molecule has 48 heavy (non-hydrogen) atoms. The predicted molar refractivity (Wildman–Crippen MR) is 166 cm³/mol. The lowest BCUT2D eigenvalue weighted by Crippen LogP contribution is -2.46. The topological polar surface area (TPSA) is 185 Å². The summed E-state index contributed by atoms with van der Waals surface area (Å²) in [4.78, 5) is 37.1. The van der Waals surface area contributed by atoms with Gasteiger partial charge in [0, 0.05) is 6.92 Å². The van der Waals surface area contributed by atoms with Crippen molar-refractivity contribution in [1.82, 2.24) is 24.6 Å². The molecule has 15 nitrogen and oxygen atoms in total. The van der Waals surface area contributed by atoms with E-state index in [2.05, 4.69) is 25.4 Å². The van der Waals surface area contributed by atoms with E-state index in [4.69, 9.17) is 23.3 Å². The maximum Gasteiger partial charge on any atom is 0.459 e. The van der Waals surface area contributed by atoms with Gasteiger partial charge in [-0.3, -0.25) is 24.0 Å². The van der Waals surface area contributed by atoms with Gasteiger partial charge in [-0.25, -0.2) is 18.3 Å². The first kappa shape index (κ1) is 35.5. The van der Waals surface area contributed by atoms with Crippen LogP contribution >= 0.6 is 7.75 Å². The molecule has 1 saturated heterocycles. The number of carbonyl (C=O) groups is 2. The number of aliphatic hydroxyl groups is 1. The van der Waals surface area contributed by atoms with Crippen LogP contribution in [0.25, 0.3) is 11.2 Å². The molecule has 3 aromatic rings. The summed E-state index contributed by atoms with van der Waals surface area (Å²) in [7, 11) is -4.64. The van der Waals surface area contributed by atoms with E-state index < -0.39 is 56.1 Å². The highest BCUT2D eigenvalue weighted by molar-refractivity contribution is 7.52. The van der Waals surface area contributed by atoms with Crippen molar-refractivity contribution in [1.29, 1.82) is 0 Å². The molecule has 2 unspecified atom stereocenters. The number of hydrogen-bond donors (Lipinski definition) is 3. The number of amides is 1. The first-order valence-corrected chi connectivity index (χ1v) is 17.1. The van der Waals surface area contributed by atoms with Crippen LogP contribution in [0.15, 0.2) is 36.7 Å². The lowest BCUT2D eigenvalue weighted by Gasteiger charge is -2.28. The van der Waals surface area contributed by atoms with E-state index in [1.54, 1.807) is 25.1 Å². The normalized spacial score (nSPS) is 26.5. The fourth-order valence-electron chi connectivity index (χ4n) is 5.51. The molecule has 1 aliphatic carbocycles. The molecule has 3 N–H and O–H groups in total. The predicted octanol–water partition coefficient (Wildman–Crippen LogP) is 4.52. The fourth-order valence-corrected chi connectivity index (χ4v) is 7.01. The lowest BCUT2D eigenvalue weighted by atomic mass is 9.97. The SMILES string of the molecule is CCOc1nc(NC(C)=O)nc2c1ncn2[C@@H]1O[C@](F)(COP(=O)(NC(C)C(=O)OC2CCCCC2)Oc2ccccc2)[C@@H](F)[C@@]1(C)O. The highest BCUT2D eigenvalue weighted by Gasteiger charge is 2.65. The Bertz CT molecular complexity index is 1660. The third kappa shape index (κ3) is 7.76. The molecule has 0 bridgehead atoms. The number of anilines is 1. The molecule has 6 atom stereocenters. The van der Waals surface area contributed by atoms with Gasteiger partial charge in [0.1, 0.15) is 30.1 Å². The van der Waals surface area contributed by atoms with Crippen molar-refractivity contribution in [3.63, 3.8) is 0 Å². The van der Waals surface area contributed by atoms with Crippen molar-refractivity contribution in [2.45, 2.75) is 95.8 Å². The molecular weight excluding hydrogens is 657 g/mol. The van der Waals surface area contributed by atoms with Gasteiger partial charge in [-0.1, -0.05) is 24.6 Å². The number of ether oxygens (including phenoxy) is 3. The summed E-state index contributed by atoms with van der Waals surface area (Å²) in [5.74, 6) is -4.79. The molecule has 5 rings (SSSR count). The molecule has 2 aromatic heterocycles. The molecule has 1 aromatic carbocycles. The van der Waals surface area contributed by atoms with Crippen LogP contribution in [-0.4, -0.2) is 79.5 Å². The first-order chi connectivity index (χ1) is 22.7. The zero-order valence-corrected chi connectivity index (χ0v) is 27.8. The van der Waals surface area contributed by atoms with Crippen LogP contribution in [-0.2, 0) is 28.2 Å². The highest BCUT2D eigenvalue weighted by Crippen LogP contribution is 2.52. The Hall–Kier alpha value is -3.76. The Morgan fingerprint density at radius 3 is 2.58 bits per heavy atom. The summed E-state index contributed by atoms with van der Waals surface area (Å²) in [5, 5.41) is 16.1. The van der Waals surface area contributed by atoms with Crippen LogP contribution in [0.2, 0.25) is 0 Å². The van der Waals surface area contributed by atoms with E-state index in [0.29, 0.717) is 12.8 Å². The van der Waals surface area contributed by atoms with E-state index in [9.17, 15) is 19.3 Å². The van der Waals surface area contributed by atoms with Crippen molar-refractivity contribution in [2.24, 2.45) is 0 Å². The number of fused-ring (bicyclic) bond motifs is 1. The summed E-state index contributed by atoms with van der Waals surface area (Å²) < 4.78 is 74.9. The third-order valence-corrected chi connectivity index (χ3v) is 9.47. The minimum Gasteiger partial charge on any atom is -0.476 e. The summed E-state index contributed by atoms with van der Waals surface area (Å²) in [6.45, 7) is 4.13. The van der Waals surface area contributed by atoms with E-state index in [1.165, 1.54) is 26.0 Å². The van der Waals surface area contributed by atoms with Gasteiger partial charge in [0.05, 0.1) is 12.9 Å². The van der Waals surface area contributed by atoms with Crippen molar-refractivity contribution in [3.05, 3.63) is 36.7 Å². The van der Waals surface area contributed by atoms with Crippen LogP contribution in [0.4, 0.5) is 14.7 Å². The molecule has 1 aliphatic heterocycles. The summed E-state index contributed by atoms with van der Waals surface area (Å²) >= 11 is 0. The van der Waals surface area contributed by atoms with Gasteiger partial charge in [-0.05, 0) is 58.6 Å². The molecule has 0 radical (unpaired) electrons. The van der Waals surface area contributed by atoms with E-state index in [-0.39, 0.29) is 41.5 Å². The van der Waals surface area contributed by atoms with E-state index >= 15 is 8.78 Å². The number of benzene rings is 1. The van der Waals surface area contributed by atoms with Crippen LogP contribution in [0.1, 0.15) is 66.0 Å². The Morgan fingerprint density at radius 2 is 1.92 bits per heavy atom. The fraction of sp³-hybridized carbons (Fsp3) is 0.567. The number of rotatable bonds is 13. The summed E-state index contributed by atoms with van der Waals surface area (Å²) in [5.41, 5.74) is -2.58. The molecule has 1 amide bonds. The van der Waals surface area contributed by atoms with E-state index in [1.807, 2.05) is 0 Å². The molecule has 2 aliphatic rings. The molecule has 262 valence electrons. The number of aromatic nitrogens is 4. The van der Waals surface area contributed by atoms with Crippen molar-refractivity contribution in [3.8, 4) is 11.6 Å². The second-order valence-corrected chi connectivity index (χ2v) is 13.6. The highest BCUT2D eigenvalue weighted by atomic mass is 31.2. The van der Waals surface area contributed by atoms with Crippen LogP contribution in [0.3, 0.4) is 0 Å². The van der Waals surface area contributed by atoms with Crippen molar-refractivity contribution < 1.29 is 51.3 Å². The number of halogens is 2. The zero-order chi connectivity index (χ0) is 34.7. The number of imidazole rings is 1. The summed E-state index contributed by atoms with van der Waals surface area (Å²) in [6, 6.07) is 6.53. The maximum absolute atomic E-state index is 16.4. The number of carbonyl (C=O) groups excluding carboxylic acids is 2. The number of esters is 1. The average molecular weight is 697 g/mol. The molecule has 3 heterocycles. The minimum atomic E-state index is -4.64. The smallest absolute Gasteiger partial charge is 0.459 e. The largest absolute Gasteiger partial charge is 0.476 e. The number of alkyl halides is 2. The third-order valence-electron chi connectivity index (χ3n) is 7.85. The second kappa shape index (κ2) is 14.4. The minimum absolute atomic E-state index is 0.0320. The first-order valence-electron chi connectivity index (χ1n) is 15.6. The van der Waals surface area contributed by atoms with Crippen LogP contribution in [0.5, 0.6) is 11.6 Å². The number of nitrogens with one attached hydrogen (secondary N) is 2. The maximum atomic E-state index is 16.4. The van der Waals surface area contributed by atoms with Crippen molar-refractivity contribution >= 4 is 36.7 Å². The molecular formula is C30H39F2N6O9P. The zero-order valence-electron chi connectivity index (χ0n) is 26.9. The molecule has 1 saturated carbocycles. The lowest BCUT2D eigenvalue weighted by molar-refractivity contribution is -0.192. The van der Waals surface area contributed by atoms with Crippen LogP contribution in [0, 0.1) is 0 Å². The molecule has 18 heteroatoms. The van der Waals surface area contributed by atoms with Gasteiger partial charge in [0.2, 0.25) is 17.7 Å². The number of hydrogen-bond acceptors (Lipinski definition) is 12. The Balaban J connectivity index is 1.39. The monoisotopic (exact) mass is 696 g/mol. The number of nitrogens with zero attached hydrogens (tertiary/aromatic N) is 4. The average Bonchev–Trinajstić information content (AvgIpc) is 3.53.